The Bertz CT molecular complexity index is 1150. The van der Waals surface area contributed by atoms with Gasteiger partial charge in [0.1, 0.15) is 12.7 Å². The van der Waals surface area contributed by atoms with Crippen LogP contribution >= 0.6 is 8.38 Å². The van der Waals surface area contributed by atoms with Crippen molar-refractivity contribution in [2.75, 3.05) is 31.5 Å². The van der Waals surface area contributed by atoms with Gasteiger partial charge < -0.3 is 28.4 Å². The lowest BCUT2D eigenvalue weighted by atomic mass is 10.1. The Hall–Kier alpha value is -2.98. The fourth-order valence-corrected chi connectivity index (χ4v) is 5.01. The number of nitrogens with zero attached hydrogens (tertiary/aromatic N) is 4. The van der Waals surface area contributed by atoms with Gasteiger partial charge in [-0.3, -0.25) is 9.59 Å². The SMILES string of the molecule is CCOC(=O)CCC1COP(COC(C)Cn2cnc3c(NC(=O)c4ccccc4)ncnc32)OC1. The molecular weight excluding hydrogens is 485 g/mol. The lowest BCUT2D eigenvalue weighted by molar-refractivity contribution is -0.143. The minimum absolute atomic E-state index is 0.157. The molecule has 1 atom stereocenters. The number of nitrogens with one attached hydrogen (secondary N) is 1. The summed E-state index contributed by atoms with van der Waals surface area (Å²) in [4.78, 5) is 37.0. The van der Waals surface area contributed by atoms with Crippen LogP contribution in [0.2, 0.25) is 0 Å². The fourth-order valence-electron chi connectivity index (χ4n) is 3.65. The van der Waals surface area contributed by atoms with Crippen LogP contribution in [0.3, 0.4) is 0 Å². The molecule has 0 bridgehead atoms. The number of aromatic nitrogens is 4. The molecule has 1 aliphatic rings. The summed E-state index contributed by atoms with van der Waals surface area (Å²) in [6.07, 6.45) is 4.30. The van der Waals surface area contributed by atoms with Crippen LogP contribution in [0.4, 0.5) is 5.82 Å². The molecule has 12 heteroatoms. The van der Waals surface area contributed by atoms with Crippen molar-refractivity contribution < 1.29 is 28.1 Å². The third-order valence-corrected chi connectivity index (χ3v) is 6.79. The summed E-state index contributed by atoms with van der Waals surface area (Å²) in [6.45, 7) is 5.74. The van der Waals surface area contributed by atoms with E-state index in [1.165, 1.54) is 6.33 Å². The molecule has 3 heterocycles. The predicted octanol–water partition coefficient (Wildman–Crippen LogP) is 3.76. The Morgan fingerprint density at radius 1 is 1.19 bits per heavy atom. The molecule has 0 aliphatic carbocycles. The molecule has 11 nitrogen and oxygen atoms in total. The molecule has 0 radical (unpaired) electrons. The largest absolute Gasteiger partial charge is 0.466 e. The van der Waals surface area contributed by atoms with Gasteiger partial charge in [0, 0.05) is 17.9 Å². The van der Waals surface area contributed by atoms with Crippen molar-refractivity contribution in [3.63, 3.8) is 0 Å². The second-order valence-electron chi connectivity index (χ2n) is 8.35. The molecule has 1 aromatic carbocycles. The highest BCUT2D eigenvalue weighted by atomic mass is 31.2. The summed E-state index contributed by atoms with van der Waals surface area (Å²) in [7, 11) is -1.14. The number of rotatable bonds is 11. The lowest BCUT2D eigenvalue weighted by Crippen LogP contribution is -2.23. The highest BCUT2D eigenvalue weighted by molar-refractivity contribution is 7.47. The Balaban J connectivity index is 1.25. The maximum absolute atomic E-state index is 12.5. The third kappa shape index (κ3) is 7.04. The van der Waals surface area contributed by atoms with Gasteiger partial charge in [0.15, 0.2) is 25.4 Å². The van der Waals surface area contributed by atoms with Crippen molar-refractivity contribution in [2.24, 2.45) is 5.92 Å². The normalized spacial score (nSPS) is 18.6. The summed E-state index contributed by atoms with van der Waals surface area (Å²) >= 11 is 0. The molecule has 1 fully saturated rings. The first kappa shape index (κ1) is 26.1. The van der Waals surface area contributed by atoms with Crippen molar-refractivity contribution in [1.82, 2.24) is 19.5 Å². The zero-order chi connectivity index (χ0) is 25.3. The average molecular weight is 516 g/mol. The molecule has 0 spiro atoms. The van der Waals surface area contributed by atoms with E-state index in [0.29, 0.717) is 68.1 Å². The number of fused-ring (bicyclic) bond motifs is 1. The van der Waals surface area contributed by atoms with Gasteiger partial charge in [-0.05, 0) is 32.4 Å². The highest BCUT2D eigenvalue weighted by Gasteiger charge is 2.25. The molecule has 2 aromatic heterocycles. The number of hydrogen-bond acceptors (Lipinski definition) is 9. The number of amides is 1. The summed E-state index contributed by atoms with van der Waals surface area (Å²) < 4.78 is 24.4. The summed E-state index contributed by atoms with van der Waals surface area (Å²) in [6, 6.07) is 8.92. The van der Waals surface area contributed by atoms with Crippen molar-refractivity contribution in [1.29, 1.82) is 0 Å². The molecule has 1 amide bonds. The number of esters is 1. The van der Waals surface area contributed by atoms with Crippen LogP contribution in [-0.4, -0.2) is 63.7 Å². The van der Waals surface area contributed by atoms with E-state index >= 15 is 0 Å². The van der Waals surface area contributed by atoms with Crippen molar-refractivity contribution in [2.45, 2.75) is 39.3 Å². The van der Waals surface area contributed by atoms with Gasteiger partial charge in [-0.25, -0.2) is 15.0 Å². The Morgan fingerprint density at radius 3 is 2.72 bits per heavy atom. The first-order valence-electron chi connectivity index (χ1n) is 11.9. The molecule has 0 saturated carbocycles. The van der Waals surface area contributed by atoms with Crippen molar-refractivity contribution in [3.8, 4) is 0 Å². The summed E-state index contributed by atoms with van der Waals surface area (Å²) in [5.41, 5.74) is 1.64. The standard InChI is InChI=1S/C24H30N5O6P/c1-3-32-20(30)10-9-18-12-34-36(35-13-18)16-33-17(2)11-29-15-27-21-22(25-14-26-23(21)29)28-24(31)19-7-5-4-6-8-19/h4-8,14-15,17-18H,3,9-13,16H2,1-2H3,(H,25,26,28,31). The molecule has 1 aliphatic heterocycles. The number of anilines is 1. The van der Waals surface area contributed by atoms with E-state index in [1.807, 2.05) is 17.6 Å². The number of ether oxygens (including phenoxy) is 2. The maximum Gasteiger partial charge on any atom is 0.305 e. The molecule has 1 unspecified atom stereocenters. The van der Waals surface area contributed by atoms with Gasteiger partial charge in [0.2, 0.25) is 0 Å². The van der Waals surface area contributed by atoms with Crippen LogP contribution in [0.25, 0.3) is 11.2 Å². The van der Waals surface area contributed by atoms with Gasteiger partial charge in [0.05, 0.1) is 38.8 Å². The van der Waals surface area contributed by atoms with Gasteiger partial charge in [-0.2, -0.15) is 0 Å². The zero-order valence-electron chi connectivity index (χ0n) is 20.3. The van der Waals surface area contributed by atoms with E-state index in [9.17, 15) is 9.59 Å². The van der Waals surface area contributed by atoms with E-state index in [0.717, 1.165) is 0 Å². The van der Waals surface area contributed by atoms with Crippen LogP contribution in [0.1, 0.15) is 37.0 Å². The van der Waals surface area contributed by atoms with E-state index < -0.39 is 8.38 Å². The second kappa shape index (κ2) is 12.8. The quantitative estimate of drug-likeness (QED) is 0.300. The Kier molecular flexibility index (Phi) is 9.29. The third-order valence-electron chi connectivity index (χ3n) is 5.56. The van der Waals surface area contributed by atoms with Crippen LogP contribution < -0.4 is 5.32 Å². The van der Waals surface area contributed by atoms with Gasteiger partial charge in [0.25, 0.3) is 5.91 Å². The van der Waals surface area contributed by atoms with E-state index in [4.69, 9.17) is 18.5 Å². The monoisotopic (exact) mass is 515 g/mol. The van der Waals surface area contributed by atoms with E-state index in [2.05, 4.69) is 20.3 Å². The molecular formula is C24H30N5O6P. The predicted molar refractivity (Wildman–Crippen MR) is 133 cm³/mol. The zero-order valence-corrected chi connectivity index (χ0v) is 21.2. The van der Waals surface area contributed by atoms with Crippen LogP contribution in [0.5, 0.6) is 0 Å². The smallest absolute Gasteiger partial charge is 0.305 e. The molecule has 1 saturated heterocycles. The lowest BCUT2D eigenvalue weighted by Gasteiger charge is -2.29. The van der Waals surface area contributed by atoms with Crippen LogP contribution in [0.15, 0.2) is 43.0 Å². The van der Waals surface area contributed by atoms with Gasteiger partial charge in [-0.1, -0.05) is 18.2 Å². The molecule has 192 valence electrons. The number of carbonyl (C=O) groups excluding carboxylic acids is 2. The fraction of sp³-hybridized carbons (Fsp3) is 0.458. The molecule has 1 N–H and O–H groups in total. The number of benzene rings is 1. The summed E-state index contributed by atoms with van der Waals surface area (Å²) in [5.74, 6) is 0.0792. The first-order valence-corrected chi connectivity index (χ1v) is 13.2. The Labute approximate surface area is 210 Å². The topological polar surface area (TPSA) is 127 Å². The highest BCUT2D eigenvalue weighted by Crippen LogP contribution is 2.43. The van der Waals surface area contributed by atoms with Crippen molar-refractivity contribution in [3.05, 3.63) is 48.5 Å². The van der Waals surface area contributed by atoms with Gasteiger partial charge >= 0.3 is 5.97 Å². The summed E-state index contributed by atoms with van der Waals surface area (Å²) in [5, 5.41) is 2.81. The number of imidazole rings is 1. The van der Waals surface area contributed by atoms with Crippen LogP contribution in [-0.2, 0) is 29.9 Å². The maximum atomic E-state index is 12.5. The van der Waals surface area contributed by atoms with Crippen LogP contribution in [0, 0.1) is 5.92 Å². The number of carbonyl (C=O) groups is 2. The Morgan fingerprint density at radius 2 is 1.97 bits per heavy atom. The van der Waals surface area contributed by atoms with E-state index in [-0.39, 0.29) is 23.9 Å². The average Bonchev–Trinajstić information content (AvgIpc) is 3.31. The first-order chi connectivity index (χ1) is 17.5. The van der Waals surface area contributed by atoms with Gasteiger partial charge in [-0.15, -0.1) is 0 Å². The number of hydrogen-bond donors (Lipinski definition) is 1. The second-order valence-corrected chi connectivity index (χ2v) is 9.79. The van der Waals surface area contributed by atoms with E-state index in [1.54, 1.807) is 37.5 Å². The van der Waals surface area contributed by atoms with Crippen molar-refractivity contribution >= 4 is 37.2 Å². The molecule has 4 rings (SSSR count). The molecule has 3 aromatic rings. The minimum Gasteiger partial charge on any atom is -0.466 e. The molecule has 36 heavy (non-hydrogen) atoms. The minimum atomic E-state index is -1.14.